The van der Waals surface area contributed by atoms with Crippen LogP contribution >= 0.6 is 0 Å². The molecule has 1 rings (SSSR count). The van der Waals surface area contributed by atoms with E-state index in [0.717, 1.165) is 24.2 Å². The summed E-state index contributed by atoms with van der Waals surface area (Å²) in [5, 5.41) is 8.53. The minimum Gasteiger partial charge on any atom is -0.396 e. The van der Waals surface area contributed by atoms with Crippen molar-refractivity contribution in [2.45, 2.75) is 19.8 Å². The number of aliphatic hydroxyl groups excluding tert-OH is 1. The normalized spacial score (nSPS) is 10.0. The molecule has 0 amide bonds. The molecular formula is C8H12N2O. The summed E-state index contributed by atoms with van der Waals surface area (Å²) in [6.45, 7) is 2.12. The smallest absolute Gasteiger partial charge is 0.0587 e. The molecule has 3 nitrogen and oxygen atoms in total. The summed E-state index contributed by atoms with van der Waals surface area (Å²) in [7, 11) is 0. The minimum atomic E-state index is 0.218. The summed E-state index contributed by atoms with van der Waals surface area (Å²) in [5.74, 6) is 0. The van der Waals surface area contributed by atoms with E-state index >= 15 is 0 Å². The monoisotopic (exact) mass is 152 g/mol. The fourth-order valence-electron chi connectivity index (χ4n) is 0.809. The molecular weight excluding hydrogens is 140 g/mol. The van der Waals surface area contributed by atoms with Crippen molar-refractivity contribution in [3.8, 4) is 0 Å². The van der Waals surface area contributed by atoms with Crippen LogP contribution in [0.1, 0.15) is 17.8 Å². The predicted octanol–water partition coefficient (Wildman–Crippen LogP) is 0.710. The van der Waals surface area contributed by atoms with Crippen LogP contribution in [0, 0.1) is 6.92 Å². The molecule has 1 aromatic rings. The summed E-state index contributed by atoms with van der Waals surface area (Å²) in [5.41, 5.74) is 1.88. The average molecular weight is 152 g/mol. The maximum Gasteiger partial charge on any atom is 0.0587 e. The lowest BCUT2D eigenvalue weighted by Gasteiger charge is -1.97. The molecule has 11 heavy (non-hydrogen) atoms. The third-order valence-corrected chi connectivity index (χ3v) is 1.43. The van der Waals surface area contributed by atoms with E-state index in [9.17, 15) is 0 Å². The molecule has 0 fully saturated rings. The van der Waals surface area contributed by atoms with E-state index in [0.29, 0.717) is 0 Å². The van der Waals surface area contributed by atoms with Gasteiger partial charge in [0.2, 0.25) is 0 Å². The molecule has 1 heterocycles. The highest BCUT2D eigenvalue weighted by Crippen LogP contribution is 1.97. The SMILES string of the molecule is Cc1cnc(CCCO)cn1. The first-order valence-corrected chi connectivity index (χ1v) is 3.71. The fraction of sp³-hybridized carbons (Fsp3) is 0.500. The molecule has 0 aromatic carbocycles. The first-order chi connectivity index (χ1) is 5.33. The number of nitrogens with zero attached hydrogens (tertiary/aromatic N) is 2. The number of rotatable bonds is 3. The van der Waals surface area contributed by atoms with Gasteiger partial charge in [0, 0.05) is 19.0 Å². The van der Waals surface area contributed by atoms with Crippen LogP contribution in [0.5, 0.6) is 0 Å². The Hall–Kier alpha value is -0.960. The van der Waals surface area contributed by atoms with Crippen LogP contribution in [0.15, 0.2) is 12.4 Å². The molecule has 0 aliphatic heterocycles. The van der Waals surface area contributed by atoms with Gasteiger partial charge in [-0.3, -0.25) is 9.97 Å². The van der Waals surface area contributed by atoms with Crippen LogP contribution < -0.4 is 0 Å². The van der Waals surface area contributed by atoms with Crippen molar-refractivity contribution in [3.05, 3.63) is 23.8 Å². The summed E-state index contributed by atoms with van der Waals surface area (Å²) < 4.78 is 0. The van der Waals surface area contributed by atoms with E-state index in [1.54, 1.807) is 12.4 Å². The molecule has 0 spiro atoms. The van der Waals surface area contributed by atoms with Crippen molar-refractivity contribution in [1.82, 2.24) is 9.97 Å². The number of aliphatic hydroxyl groups is 1. The van der Waals surface area contributed by atoms with Gasteiger partial charge in [-0.2, -0.15) is 0 Å². The van der Waals surface area contributed by atoms with Crippen LogP contribution in [-0.2, 0) is 6.42 Å². The van der Waals surface area contributed by atoms with Crippen LogP contribution in [0.3, 0.4) is 0 Å². The van der Waals surface area contributed by atoms with E-state index in [-0.39, 0.29) is 6.61 Å². The van der Waals surface area contributed by atoms with Crippen molar-refractivity contribution in [3.63, 3.8) is 0 Å². The standard InChI is InChI=1S/C8H12N2O/c1-7-5-10-8(6-9-7)3-2-4-11/h5-6,11H,2-4H2,1H3. The zero-order valence-corrected chi connectivity index (χ0v) is 6.62. The Kier molecular flexibility index (Phi) is 2.98. The first kappa shape index (κ1) is 8.14. The quantitative estimate of drug-likeness (QED) is 0.693. The van der Waals surface area contributed by atoms with E-state index in [1.165, 1.54) is 0 Å². The van der Waals surface area contributed by atoms with E-state index in [4.69, 9.17) is 5.11 Å². The number of aromatic nitrogens is 2. The molecule has 0 radical (unpaired) electrons. The van der Waals surface area contributed by atoms with Gasteiger partial charge >= 0.3 is 0 Å². The van der Waals surface area contributed by atoms with Gasteiger partial charge in [0.25, 0.3) is 0 Å². The van der Waals surface area contributed by atoms with Gasteiger partial charge < -0.3 is 5.11 Å². The lowest BCUT2D eigenvalue weighted by molar-refractivity contribution is 0.288. The predicted molar refractivity (Wildman–Crippen MR) is 42.2 cm³/mol. The van der Waals surface area contributed by atoms with E-state index in [1.807, 2.05) is 6.92 Å². The van der Waals surface area contributed by atoms with Crippen molar-refractivity contribution in [1.29, 1.82) is 0 Å². The average Bonchev–Trinajstić information content (AvgIpc) is 2.04. The molecule has 0 atom stereocenters. The summed E-state index contributed by atoms with van der Waals surface area (Å²) >= 11 is 0. The molecule has 3 heteroatoms. The van der Waals surface area contributed by atoms with Gasteiger partial charge in [-0.05, 0) is 19.8 Å². The summed E-state index contributed by atoms with van der Waals surface area (Å²) in [6.07, 6.45) is 5.07. The van der Waals surface area contributed by atoms with Crippen molar-refractivity contribution in [2.24, 2.45) is 0 Å². The van der Waals surface area contributed by atoms with Gasteiger partial charge in [0.05, 0.1) is 11.4 Å². The largest absolute Gasteiger partial charge is 0.396 e. The highest BCUT2D eigenvalue weighted by Gasteiger charge is 1.93. The zero-order valence-electron chi connectivity index (χ0n) is 6.62. The molecule has 0 saturated heterocycles. The number of aryl methyl sites for hydroxylation is 2. The topological polar surface area (TPSA) is 46.0 Å². The van der Waals surface area contributed by atoms with E-state index in [2.05, 4.69) is 9.97 Å². The van der Waals surface area contributed by atoms with Gasteiger partial charge in [-0.1, -0.05) is 0 Å². The van der Waals surface area contributed by atoms with Crippen molar-refractivity contribution >= 4 is 0 Å². The molecule has 0 unspecified atom stereocenters. The Bertz CT molecular complexity index is 208. The minimum absolute atomic E-state index is 0.218. The van der Waals surface area contributed by atoms with Crippen molar-refractivity contribution < 1.29 is 5.11 Å². The second kappa shape index (κ2) is 4.03. The maximum atomic E-state index is 8.53. The molecule has 60 valence electrons. The highest BCUT2D eigenvalue weighted by atomic mass is 16.2. The third kappa shape index (κ3) is 2.63. The van der Waals surface area contributed by atoms with Crippen molar-refractivity contribution in [2.75, 3.05) is 6.61 Å². The molecule has 0 aliphatic carbocycles. The zero-order chi connectivity index (χ0) is 8.10. The number of hydrogen-bond acceptors (Lipinski definition) is 3. The third-order valence-electron chi connectivity index (χ3n) is 1.43. The van der Waals surface area contributed by atoms with Crippen LogP contribution in [0.2, 0.25) is 0 Å². The Morgan fingerprint density at radius 3 is 2.73 bits per heavy atom. The Balaban J connectivity index is 2.52. The van der Waals surface area contributed by atoms with Crippen LogP contribution in [0.25, 0.3) is 0 Å². The molecule has 0 bridgehead atoms. The van der Waals surface area contributed by atoms with E-state index < -0.39 is 0 Å². The number of hydrogen-bond donors (Lipinski definition) is 1. The molecule has 0 aliphatic rings. The fourth-order valence-corrected chi connectivity index (χ4v) is 0.809. The first-order valence-electron chi connectivity index (χ1n) is 3.71. The van der Waals surface area contributed by atoms with Crippen LogP contribution in [-0.4, -0.2) is 21.7 Å². The summed E-state index contributed by atoms with van der Waals surface area (Å²) in [4.78, 5) is 8.23. The van der Waals surface area contributed by atoms with Gasteiger partial charge in [-0.15, -0.1) is 0 Å². The van der Waals surface area contributed by atoms with Gasteiger partial charge in [0.15, 0.2) is 0 Å². The molecule has 1 aromatic heterocycles. The maximum absolute atomic E-state index is 8.53. The molecule has 0 saturated carbocycles. The van der Waals surface area contributed by atoms with Gasteiger partial charge in [0.1, 0.15) is 0 Å². The lowest BCUT2D eigenvalue weighted by atomic mass is 10.2. The highest BCUT2D eigenvalue weighted by molar-refractivity contribution is 5.00. The molecule has 1 N–H and O–H groups in total. The Morgan fingerprint density at radius 2 is 2.18 bits per heavy atom. The second-order valence-corrected chi connectivity index (χ2v) is 2.48. The van der Waals surface area contributed by atoms with Gasteiger partial charge in [-0.25, -0.2) is 0 Å². The Morgan fingerprint density at radius 1 is 1.36 bits per heavy atom. The summed E-state index contributed by atoms with van der Waals surface area (Å²) in [6, 6.07) is 0. The lowest BCUT2D eigenvalue weighted by Crippen LogP contribution is -1.94. The van der Waals surface area contributed by atoms with Crippen LogP contribution in [0.4, 0.5) is 0 Å². The second-order valence-electron chi connectivity index (χ2n) is 2.48. The Labute approximate surface area is 66.1 Å².